The number of nitriles is 1. The van der Waals surface area contributed by atoms with Gasteiger partial charge in [0, 0.05) is 19.6 Å². The highest BCUT2D eigenvalue weighted by atomic mass is 16.5. The van der Waals surface area contributed by atoms with Gasteiger partial charge in [0.1, 0.15) is 18.5 Å². The molecule has 21 heavy (non-hydrogen) atoms. The minimum atomic E-state index is -0.576. The molecule has 1 N–H and O–H groups in total. The molecule has 0 saturated carbocycles. The molecule has 0 spiro atoms. The van der Waals surface area contributed by atoms with Gasteiger partial charge in [-0.15, -0.1) is 0 Å². The van der Waals surface area contributed by atoms with Crippen molar-refractivity contribution in [2.45, 2.75) is 25.6 Å². The lowest BCUT2D eigenvalue weighted by molar-refractivity contribution is -0.0215. The molecule has 114 valence electrons. The van der Waals surface area contributed by atoms with Crippen LogP contribution >= 0.6 is 0 Å². The maximum atomic E-state index is 10.0. The number of morpholine rings is 1. The quantitative estimate of drug-likeness (QED) is 0.853. The summed E-state index contributed by atoms with van der Waals surface area (Å²) in [4.78, 5) is 2.03. The molecule has 0 amide bonds. The molecule has 0 aliphatic carbocycles. The Morgan fingerprint density at radius 3 is 2.90 bits per heavy atom. The molecule has 0 aromatic heterocycles. The van der Waals surface area contributed by atoms with Crippen LogP contribution in [0.2, 0.25) is 0 Å². The van der Waals surface area contributed by atoms with Crippen LogP contribution in [0.15, 0.2) is 24.3 Å². The van der Waals surface area contributed by atoms with Crippen LogP contribution in [0.3, 0.4) is 0 Å². The Labute approximate surface area is 125 Å². The molecule has 2 rings (SSSR count). The first-order valence-electron chi connectivity index (χ1n) is 7.34. The maximum Gasteiger partial charge on any atom is 0.156 e. The van der Waals surface area contributed by atoms with Crippen LogP contribution in [0.4, 0.5) is 0 Å². The van der Waals surface area contributed by atoms with Crippen LogP contribution in [-0.2, 0) is 11.2 Å². The third kappa shape index (κ3) is 5.01. The zero-order valence-corrected chi connectivity index (χ0v) is 12.4. The summed E-state index contributed by atoms with van der Waals surface area (Å²) in [5, 5.41) is 18.9. The molecule has 1 aliphatic heterocycles. The summed E-state index contributed by atoms with van der Waals surface area (Å²) in [6, 6.07) is 10.0. The summed E-state index contributed by atoms with van der Waals surface area (Å²) in [6.45, 7) is 4.66. The highest BCUT2D eigenvalue weighted by Gasteiger charge is 2.22. The molecular weight excluding hydrogens is 268 g/mol. The van der Waals surface area contributed by atoms with E-state index in [4.69, 9.17) is 14.7 Å². The van der Waals surface area contributed by atoms with E-state index in [-0.39, 0.29) is 6.61 Å². The number of nitrogens with zero attached hydrogens (tertiary/aromatic N) is 2. The van der Waals surface area contributed by atoms with E-state index in [0.717, 1.165) is 18.7 Å². The molecule has 1 aliphatic rings. The van der Waals surface area contributed by atoms with Gasteiger partial charge in [0.2, 0.25) is 0 Å². The summed E-state index contributed by atoms with van der Waals surface area (Å²) in [5.41, 5.74) is 1.26. The fourth-order valence-corrected chi connectivity index (χ4v) is 2.31. The molecular formula is C16H22N2O3. The Bertz CT molecular complexity index is 469. The number of β-amino-alcohol motifs (C(OH)–C–C–N with tert-alkyl or cyclic N) is 1. The Kier molecular flexibility index (Phi) is 6.00. The van der Waals surface area contributed by atoms with Gasteiger partial charge in [-0.2, -0.15) is 5.26 Å². The number of aliphatic hydroxyl groups is 1. The monoisotopic (exact) mass is 290 g/mol. The van der Waals surface area contributed by atoms with E-state index >= 15 is 0 Å². The number of ether oxygens (including phenoxy) is 2. The van der Waals surface area contributed by atoms with Gasteiger partial charge < -0.3 is 14.6 Å². The fourth-order valence-electron chi connectivity index (χ4n) is 2.31. The van der Waals surface area contributed by atoms with Crippen molar-refractivity contribution in [3.63, 3.8) is 0 Å². The van der Waals surface area contributed by atoms with E-state index < -0.39 is 12.2 Å². The van der Waals surface area contributed by atoms with E-state index in [9.17, 15) is 5.11 Å². The zero-order valence-electron chi connectivity index (χ0n) is 12.4. The number of hydrogen-bond acceptors (Lipinski definition) is 5. The summed E-state index contributed by atoms with van der Waals surface area (Å²) in [5.74, 6) is 0.767. The van der Waals surface area contributed by atoms with Crippen molar-refractivity contribution in [2.24, 2.45) is 0 Å². The van der Waals surface area contributed by atoms with Crippen molar-refractivity contribution >= 4 is 0 Å². The first-order chi connectivity index (χ1) is 10.2. The average Bonchev–Trinajstić information content (AvgIpc) is 2.53. The van der Waals surface area contributed by atoms with E-state index in [1.54, 1.807) is 0 Å². The molecule has 0 bridgehead atoms. The van der Waals surface area contributed by atoms with Crippen LogP contribution in [-0.4, -0.2) is 55.1 Å². The molecule has 1 aromatic rings. The predicted octanol–water partition coefficient (Wildman–Crippen LogP) is 1.21. The summed E-state index contributed by atoms with van der Waals surface area (Å²) >= 11 is 0. The van der Waals surface area contributed by atoms with Crippen molar-refractivity contribution in [3.05, 3.63) is 29.8 Å². The van der Waals surface area contributed by atoms with Gasteiger partial charge >= 0.3 is 0 Å². The highest BCUT2D eigenvalue weighted by molar-refractivity contribution is 5.27. The summed E-state index contributed by atoms with van der Waals surface area (Å²) in [7, 11) is 0. The fraction of sp³-hybridized carbons (Fsp3) is 0.562. The molecule has 0 radical (unpaired) electrons. The van der Waals surface area contributed by atoms with Gasteiger partial charge in [-0.05, 0) is 24.1 Å². The second-order valence-corrected chi connectivity index (χ2v) is 5.21. The van der Waals surface area contributed by atoms with Crippen molar-refractivity contribution in [3.8, 4) is 11.8 Å². The topological polar surface area (TPSA) is 65.7 Å². The molecule has 2 unspecified atom stereocenters. The van der Waals surface area contributed by atoms with Crippen molar-refractivity contribution in [2.75, 3.05) is 32.8 Å². The SMILES string of the molecule is CCc1ccc(OCC(O)CN2CCOC(C#N)C2)cc1. The lowest BCUT2D eigenvalue weighted by Gasteiger charge is -2.31. The molecule has 1 aromatic carbocycles. The van der Waals surface area contributed by atoms with Crippen molar-refractivity contribution < 1.29 is 14.6 Å². The maximum absolute atomic E-state index is 10.0. The number of aryl methyl sites for hydroxylation is 1. The normalized spacial score (nSPS) is 20.7. The molecule has 5 nitrogen and oxygen atoms in total. The van der Waals surface area contributed by atoms with E-state index in [2.05, 4.69) is 13.0 Å². The third-order valence-corrected chi connectivity index (χ3v) is 3.54. The minimum Gasteiger partial charge on any atom is -0.491 e. The number of benzene rings is 1. The molecule has 1 fully saturated rings. The molecule has 5 heteroatoms. The third-order valence-electron chi connectivity index (χ3n) is 3.54. The Morgan fingerprint density at radius 2 is 2.24 bits per heavy atom. The van der Waals surface area contributed by atoms with Gasteiger partial charge in [-0.25, -0.2) is 0 Å². The van der Waals surface area contributed by atoms with E-state index in [0.29, 0.717) is 19.7 Å². The molecule has 1 saturated heterocycles. The molecule has 1 heterocycles. The largest absolute Gasteiger partial charge is 0.491 e. The van der Waals surface area contributed by atoms with Gasteiger partial charge in [-0.1, -0.05) is 19.1 Å². The highest BCUT2D eigenvalue weighted by Crippen LogP contribution is 2.13. The van der Waals surface area contributed by atoms with Crippen molar-refractivity contribution in [1.82, 2.24) is 4.90 Å². The lowest BCUT2D eigenvalue weighted by Crippen LogP contribution is -2.46. The average molecular weight is 290 g/mol. The number of hydrogen-bond donors (Lipinski definition) is 1. The predicted molar refractivity (Wildman–Crippen MR) is 79.1 cm³/mol. The standard InChI is InChI=1S/C16H22N2O3/c1-2-13-3-5-15(6-4-13)21-12-14(19)10-18-7-8-20-16(9-17)11-18/h3-6,14,16,19H,2,7-8,10-12H2,1H3. The summed E-state index contributed by atoms with van der Waals surface area (Å²) in [6.07, 6.45) is 0.0294. The van der Waals surface area contributed by atoms with Gasteiger partial charge in [0.05, 0.1) is 12.7 Å². The van der Waals surface area contributed by atoms with Crippen LogP contribution in [0.1, 0.15) is 12.5 Å². The van der Waals surface area contributed by atoms with Crippen LogP contribution in [0.5, 0.6) is 5.75 Å². The Hall–Kier alpha value is -1.61. The van der Waals surface area contributed by atoms with Crippen LogP contribution in [0, 0.1) is 11.3 Å². The van der Waals surface area contributed by atoms with Gasteiger partial charge in [0.25, 0.3) is 0 Å². The second-order valence-electron chi connectivity index (χ2n) is 5.21. The second kappa shape index (κ2) is 7.99. The van der Waals surface area contributed by atoms with E-state index in [1.807, 2.05) is 29.2 Å². The van der Waals surface area contributed by atoms with E-state index in [1.165, 1.54) is 5.56 Å². The zero-order chi connectivity index (χ0) is 15.1. The van der Waals surface area contributed by atoms with Crippen molar-refractivity contribution in [1.29, 1.82) is 5.26 Å². The Morgan fingerprint density at radius 1 is 1.48 bits per heavy atom. The smallest absolute Gasteiger partial charge is 0.156 e. The first-order valence-corrected chi connectivity index (χ1v) is 7.34. The Balaban J connectivity index is 1.73. The first kappa shape index (κ1) is 15.8. The minimum absolute atomic E-state index is 0.250. The van der Waals surface area contributed by atoms with Gasteiger partial charge in [0.15, 0.2) is 6.10 Å². The molecule has 2 atom stereocenters. The summed E-state index contributed by atoms with van der Waals surface area (Å²) < 4.78 is 10.9. The lowest BCUT2D eigenvalue weighted by atomic mass is 10.2. The number of rotatable bonds is 6. The number of aliphatic hydroxyl groups excluding tert-OH is 1. The van der Waals surface area contributed by atoms with Crippen LogP contribution in [0.25, 0.3) is 0 Å². The van der Waals surface area contributed by atoms with Crippen LogP contribution < -0.4 is 4.74 Å². The van der Waals surface area contributed by atoms with Gasteiger partial charge in [-0.3, -0.25) is 4.90 Å².